The molecule has 6 nitrogen and oxygen atoms in total. The molecule has 2 unspecified atom stereocenters. The Morgan fingerprint density at radius 1 is 1.22 bits per heavy atom. The molecule has 1 heterocycles. The Bertz CT molecular complexity index is 564. The molecule has 1 aromatic rings. The summed E-state index contributed by atoms with van der Waals surface area (Å²) in [5, 5.41) is 16.3. The minimum absolute atomic E-state index is 0.124. The molecular formula is C17H29N3O3. The Morgan fingerprint density at radius 2 is 1.83 bits per heavy atom. The number of rotatable bonds is 8. The lowest BCUT2D eigenvalue weighted by molar-refractivity contribution is -0.142. The number of aromatic nitrogens is 2. The first-order chi connectivity index (χ1) is 10.6. The highest BCUT2D eigenvalue weighted by Gasteiger charge is 2.21. The number of carboxylic acid groups (broad SMARTS) is 1. The van der Waals surface area contributed by atoms with Gasteiger partial charge in [-0.25, -0.2) is 0 Å². The molecule has 23 heavy (non-hydrogen) atoms. The molecule has 1 aromatic heterocycles. The fourth-order valence-corrected chi connectivity index (χ4v) is 2.52. The van der Waals surface area contributed by atoms with Gasteiger partial charge in [0, 0.05) is 24.7 Å². The van der Waals surface area contributed by atoms with Gasteiger partial charge in [-0.05, 0) is 45.6 Å². The molecule has 1 rings (SSSR count). The van der Waals surface area contributed by atoms with E-state index >= 15 is 0 Å². The SMILES string of the molecule is Cc1nn(CC(C)C)c(C)c1CCC(=O)NC(C)C(C)C(=O)O. The fourth-order valence-electron chi connectivity index (χ4n) is 2.52. The standard InChI is InChI=1S/C17H29N3O3/c1-10(2)9-20-14(6)15(13(5)19-20)7-8-16(21)18-12(4)11(3)17(22)23/h10-12H,7-9H2,1-6H3,(H,18,21)(H,22,23). The molecule has 0 aliphatic carbocycles. The third-order valence-corrected chi connectivity index (χ3v) is 4.20. The molecule has 0 spiro atoms. The van der Waals surface area contributed by atoms with Crippen molar-refractivity contribution in [1.29, 1.82) is 0 Å². The van der Waals surface area contributed by atoms with Crippen LogP contribution in [0.5, 0.6) is 0 Å². The van der Waals surface area contributed by atoms with E-state index in [1.807, 2.05) is 18.5 Å². The highest BCUT2D eigenvalue weighted by molar-refractivity contribution is 5.78. The van der Waals surface area contributed by atoms with Crippen LogP contribution < -0.4 is 5.32 Å². The number of carbonyl (C=O) groups excluding carboxylic acids is 1. The van der Waals surface area contributed by atoms with Crippen molar-refractivity contribution >= 4 is 11.9 Å². The van der Waals surface area contributed by atoms with Gasteiger partial charge in [0.05, 0.1) is 11.6 Å². The van der Waals surface area contributed by atoms with Crippen molar-refractivity contribution < 1.29 is 14.7 Å². The topological polar surface area (TPSA) is 84.2 Å². The summed E-state index contributed by atoms with van der Waals surface area (Å²) in [7, 11) is 0. The summed E-state index contributed by atoms with van der Waals surface area (Å²) in [6.45, 7) is 12.5. The monoisotopic (exact) mass is 323 g/mol. The van der Waals surface area contributed by atoms with Crippen molar-refractivity contribution in [2.75, 3.05) is 0 Å². The molecule has 0 saturated carbocycles. The maximum absolute atomic E-state index is 12.0. The largest absolute Gasteiger partial charge is 0.481 e. The van der Waals surface area contributed by atoms with Gasteiger partial charge < -0.3 is 10.4 Å². The van der Waals surface area contributed by atoms with Crippen molar-refractivity contribution in [3.63, 3.8) is 0 Å². The number of aliphatic carboxylic acids is 1. The zero-order valence-corrected chi connectivity index (χ0v) is 15.0. The van der Waals surface area contributed by atoms with E-state index < -0.39 is 11.9 Å². The van der Waals surface area contributed by atoms with Crippen LogP contribution in [0.3, 0.4) is 0 Å². The van der Waals surface area contributed by atoms with Crippen LogP contribution in [0.1, 0.15) is 51.1 Å². The summed E-state index contributed by atoms with van der Waals surface area (Å²) < 4.78 is 2.00. The van der Waals surface area contributed by atoms with Crippen LogP contribution in [0.2, 0.25) is 0 Å². The predicted molar refractivity (Wildman–Crippen MR) is 89.3 cm³/mol. The van der Waals surface area contributed by atoms with Crippen LogP contribution in [-0.2, 0) is 22.6 Å². The summed E-state index contributed by atoms with van der Waals surface area (Å²) in [5.74, 6) is -1.11. The molecule has 130 valence electrons. The van der Waals surface area contributed by atoms with Crippen LogP contribution in [0.4, 0.5) is 0 Å². The minimum Gasteiger partial charge on any atom is -0.481 e. The lowest BCUT2D eigenvalue weighted by Crippen LogP contribution is -2.40. The van der Waals surface area contributed by atoms with Crippen LogP contribution in [0.25, 0.3) is 0 Å². The Kier molecular flexibility index (Phi) is 6.79. The molecule has 0 aliphatic rings. The van der Waals surface area contributed by atoms with Crippen molar-refractivity contribution in [2.45, 2.75) is 67.0 Å². The second-order valence-corrected chi connectivity index (χ2v) is 6.71. The number of carbonyl (C=O) groups is 2. The van der Waals surface area contributed by atoms with E-state index in [1.165, 1.54) is 0 Å². The van der Waals surface area contributed by atoms with E-state index in [9.17, 15) is 9.59 Å². The smallest absolute Gasteiger partial charge is 0.308 e. The van der Waals surface area contributed by atoms with E-state index in [4.69, 9.17) is 5.11 Å². The summed E-state index contributed by atoms with van der Waals surface area (Å²) in [6.07, 6.45) is 0.960. The number of hydrogen-bond donors (Lipinski definition) is 2. The first-order valence-corrected chi connectivity index (χ1v) is 8.18. The molecule has 6 heteroatoms. The molecule has 0 aliphatic heterocycles. The summed E-state index contributed by atoms with van der Waals surface area (Å²) in [6, 6.07) is -0.383. The second-order valence-electron chi connectivity index (χ2n) is 6.71. The number of amides is 1. The number of aryl methyl sites for hydroxylation is 1. The minimum atomic E-state index is -0.903. The van der Waals surface area contributed by atoms with Crippen LogP contribution in [0, 0.1) is 25.7 Å². The van der Waals surface area contributed by atoms with Gasteiger partial charge in [-0.2, -0.15) is 5.10 Å². The second kappa shape index (κ2) is 8.13. The third-order valence-electron chi connectivity index (χ3n) is 4.20. The summed E-state index contributed by atoms with van der Waals surface area (Å²) in [5.41, 5.74) is 3.18. The molecule has 0 bridgehead atoms. The molecule has 0 radical (unpaired) electrons. The Morgan fingerprint density at radius 3 is 2.35 bits per heavy atom. The average Bonchev–Trinajstić information content (AvgIpc) is 2.69. The zero-order chi connectivity index (χ0) is 17.7. The first-order valence-electron chi connectivity index (χ1n) is 8.18. The number of hydrogen-bond acceptors (Lipinski definition) is 3. The van der Waals surface area contributed by atoms with Crippen molar-refractivity contribution in [3.05, 3.63) is 17.0 Å². The Balaban J connectivity index is 2.63. The van der Waals surface area contributed by atoms with Gasteiger partial charge >= 0.3 is 5.97 Å². The van der Waals surface area contributed by atoms with Gasteiger partial charge in [0.1, 0.15) is 0 Å². The Hall–Kier alpha value is -1.85. The van der Waals surface area contributed by atoms with Gasteiger partial charge in [-0.15, -0.1) is 0 Å². The number of nitrogens with one attached hydrogen (secondary N) is 1. The summed E-state index contributed by atoms with van der Waals surface area (Å²) in [4.78, 5) is 22.9. The molecular weight excluding hydrogens is 294 g/mol. The van der Waals surface area contributed by atoms with Gasteiger partial charge in [0.15, 0.2) is 0 Å². The third kappa shape index (κ3) is 5.37. The molecule has 0 saturated heterocycles. The molecule has 0 fully saturated rings. The lowest BCUT2D eigenvalue weighted by Gasteiger charge is -2.17. The van der Waals surface area contributed by atoms with Crippen molar-refractivity contribution in [3.8, 4) is 0 Å². The van der Waals surface area contributed by atoms with Gasteiger partial charge in [-0.3, -0.25) is 14.3 Å². The van der Waals surface area contributed by atoms with Gasteiger partial charge in [-0.1, -0.05) is 13.8 Å². The van der Waals surface area contributed by atoms with E-state index in [-0.39, 0.29) is 11.9 Å². The molecule has 2 N–H and O–H groups in total. The Labute approximate surface area is 138 Å². The van der Waals surface area contributed by atoms with Gasteiger partial charge in [0.2, 0.25) is 5.91 Å². The van der Waals surface area contributed by atoms with Gasteiger partial charge in [0.25, 0.3) is 0 Å². The van der Waals surface area contributed by atoms with Crippen molar-refractivity contribution in [1.82, 2.24) is 15.1 Å². The highest BCUT2D eigenvalue weighted by atomic mass is 16.4. The average molecular weight is 323 g/mol. The van der Waals surface area contributed by atoms with Crippen molar-refractivity contribution in [2.24, 2.45) is 11.8 Å². The maximum atomic E-state index is 12.0. The summed E-state index contributed by atoms with van der Waals surface area (Å²) >= 11 is 0. The zero-order valence-electron chi connectivity index (χ0n) is 15.0. The lowest BCUT2D eigenvalue weighted by atomic mass is 10.0. The number of carboxylic acids is 1. The quantitative estimate of drug-likeness (QED) is 0.769. The molecule has 1 amide bonds. The van der Waals surface area contributed by atoms with Crippen LogP contribution in [0.15, 0.2) is 0 Å². The molecule has 2 atom stereocenters. The normalized spacial score (nSPS) is 13.9. The fraction of sp³-hybridized carbons (Fsp3) is 0.706. The van der Waals surface area contributed by atoms with E-state index in [0.717, 1.165) is 23.5 Å². The van der Waals surface area contributed by atoms with E-state index in [2.05, 4.69) is 24.3 Å². The molecule has 0 aromatic carbocycles. The van der Waals surface area contributed by atoms with Crippen LogP contribution >= 0.6 is 0 Å². The van der Waals surface area contributed by atoms with Crippen LogP contribution in [-0.4, -0.2) is 32.8 Å². The maximum Gasteiger partial charge on any atom is 0.308 e. The van der Waals surface area contributed by atoms with E-state index in [1.54, 1.807) is 13.8 Å². The first kappa shape index (κ1) is 19.2. The number of nitrogens with zero attached hydrogens (tertiary/aromatic N) is 2. The predicted octanol–water partition coefficient (Wildman–Crippen LogP) is 2.31. The highest BCUT2D eigenvalue weighted by Crippen LogP contribution is 2.16. The van der Waals surface area contributed by atoms with E-state index in [0.29, 0.717) is 18.8 Å².